The van der Waals surface area contributed by atoms with Crippen LogP contribution in [0.15, 0.2) is 30.6 Å². The molecule has 2 aromatic rings. The average Bonchev–Trinajstić information content (AvgIpc) is 3.34. The number of ether oxygens (including phenoxy) is 1. The van der Waals surface area contributed by atoms with Crippen molar-refractivity contribution >= 4 is 5.91 Å². The van der Waals surface area contributed by atoms with Crippen LogP contribution in [0.5, 0.6) is 0 Å². The summed E-state index contributed by atoms with van der Waals surface area (Å²) in [7, 11) is 0. The van der Waals surface area contributed by atoms with Crippen LogP contribution in [0.2, 0.25) is 0 Å². The molecular weight excluding hydrogens is 308 g/mol. The quantitative estimate of drug-likeness (QED) is 0.847. The van der Waals surface area contributed by atoms with Crippen LogP contribution in [0.25, 0.3) is 5.69 Å². The fourth-order valence-electron chi connectivity index (χ4n) is 3.01. The first-order chi connectivity index (χ1) is 11.8. The normalized spacial score (nSPS) is 21.6. The van der Waals surface area contributed by atoms with E-state index in [0.29, 0.717) is 12.1 Å². The van der Waals surface area contributed by atoms with Gasteiger partial charge in [0.15, 0.2) is 0 Å². The topological polar surface area (TPSA) is 85.2 Å². The molecule has 1 N–H and O–H groups in total. The number of aromatic nitrogens is 4. The molecule has 1 amide bonds. The van der Waals surface area contributed by atoms with Crippen molar-refractivity contribution in [1.29, 1.82) is 0 Å². The number of amides is 1. The zero-order valence-electron chi connectivity index (χ0n) is 13.3. The molecule has 1 aromatic heterocycles. The molecule has 1 saturated heterocycles. The molecule has 2 aliphatic rings. The van der Waals surface area contributed by atoms with Crippen molar-refractivity contribution in [2.45, 2.75) is 25.0 Å². The zero-order valence-corrected chi connectivity index (χ0v) is 13.3. The number of tetrazole rings is 1. The number of carbonyl (C=O) groups excluding carboxylic acids is 1. The van der Waals surface area contributed by atoms with Crippen molar-refractivity contribution in [2.75, 3.05) is 26.2 Å². The third-order valence-corrected chi connectivity index (χ3v) is 4.45. The van der Waals surface area contributed by atoms with Crippen molar-refractivity contribution in [3.63, 3.8) is 0 Å². The first kappa shape index (κ1) is 15.2. The lowest BCUT2D eigenvalue weighted by Crippen LogP contribution is -2.48. The van der Waals surface area contributed by atoms with Crippen molar-refractivity contribution < 1.29 is 9.53 Å². The number of rotatable bonds is 5. The Labute approximate surface area is 139 Å². The van der Waals surface area contributed by atoms with Gasteiger partial charge in [-0.25, -0.2) is 4.68 Å². The Balaban J connectivity index is 1.35. The molecule has 0 spiro atoms. The molecule has 1 aliphatic carbocycles. The van der Waals surface area contributed by atoms with E-state index in [1.807, 2.05) is 12.1 Å². The van der Waals surface area contributed by atoms with Gasteiger partial charge >= 0.3 is 0 Å². The molecule has 2 fully saturated rings. The molecule has 0 unspecified atom stereocenters. The minimum Gasteiger partial charge on any atom is -0.374 e. The number of carbonyl (C=O) groups is 1. The van der Waals surface area contributed by atoms with Crippen molar-refractivity contribution in [3.8, 4) is 5.69 Å². The van der Waals surface area contributed by atoms with Gasteiger partial charge in [-0.15, -0.1) is 5.10 Å². The van der Waals surface area contributed by atoms with Gasteiger partial charge in [-0.3, -0.25) is 9.69 Å². The average molecular weight is 328 g/mol. The lowest BCUT2D eigenvalue weighted by Gasteiger charge is -2.33. The van der Waals surface area contributed by atoms with Crippen LogP contribution in [0.4, 0.5) is 0 Å². The molecule has 24 heavy (non-hydrogen) atoms. The Kier molecular flexibility index (Phi) is 4.22. The highest BCUT2D eigenvalue weighted by molar-refractivity contribution is 5.94. The predicted octanol–water partition coefficient (Wildman–Crippen LogP) is 0.255. The Morgan fingerprint density at radius 3 is 3.08 bits per heavy atom. The van der Waals surface area contributed by atoms with Crippen LogP contribution in [0.3, 0.4) is 0 Å². The summed E-state index contributed by atoms with van der Waals surface area (Å²) in [5, 5.41) is 14.0. The van der Waals surface area contributed by atoms with E-state index in [-0.39, 0.29) is 12.0 Å². The zero-order chi connectivity index (χ0) is 16.4. The highest BCUT2D eigenvalue weighted by atomic mass is 16.5. The van der Waals surface area contributed by atoms with Gasteiger partial charge in [0, 0.05) is 31.2 Å². The van der Waals surface area contributed by atoms with Crippen LogP contribution in [-0.2, 0) is 4.74 Å². The van der Waals surface area contributed by atoms with Crippen LogP contribution in [0, 0.1) is 0 Å². The predicted molar refractivity (Wildman–Crippen MR) is 85.8 cm³/mol. The molecule has 1 saturated carbocycles. The summed E-state index contributed by atoms with van der Waals surface area (Å²) < 4.78 is 7.29. The third kappa shape index (κ3) is 3.44. The van der Waals surface area contributed by atoms with Gasteiger partial charge in [0.05, 0.1) is 18.4 Å². The Hall–Kier alpha value is -2.32. The van der Waals surface area contributed by atoms with E-state index in [4.69, 9.17) is 4.74 Å². The highest BCUT2D eigenvalue weighted by Gasteiger charge is 2.32. The second kappa shape index (κ2) is 6.66. The summed E-state index contributed by atoms with van der Waals surface area (Å²) in [6.45, 7) is 3.17. The van der Waals surface area contributed by atoms with Gasteiger partial charge in [-0.1, -0.05) is 6.07 Å². The number of hydrogen-bond donors (Lipinski definition) is 1. The van der Waals surface area contributed by atoms with Crippen LogP contribution in [-0.4, -0.2) is 69.4 Å². The largest absolute Gasteiger partial charge is 0.374 e. The Bertz CT molecular complexity index is 700. The maximum atomic E-state index is 12.4. The van der Waals surface area contributed by atoms with Gasteiger partial charge in [0.2, 0.25) is 0 Å². The summed E-state index contributed by atoms with van der Waals surface area (Å²) >= 11 is 0. The molecule has 8 heteroatoms. The molecule has 1 aromatic carbocycles. The van der Waals surface area contributed by atoms with Crippen molar-refractivity contribution in [2.24, 2.45) is 0 Å². The third-order valence-electron chi connectivity index (χ3n) is 4.45. The summed E-state index contributed by atoms with van der Waals surface area (Å²) in [5.41, 5.74) is 1.33. The van der Waals surface area contributed by atoms with E-state index < -0.39 is 0 Å². The van der Waals surface area contributed by atoms with Gasteiger partial charge < -0.3 is 10.1 Å². The molecule has 4 rings (SSSR count). The fraction of sp³-hybridized carbons (Fsp3) is 0.500. The number of nitrogens with one attached hydrogen (secondary N) is 1. The molecule has 1 atom stereocenters. The van der Waals surface area contributed by atoms with E-state index >= 15 is 0 Å². The monoisotopic (exact) mass is 328 g/mol. The van der Waals surface area contributed by atoms with Crippen LogP contribution in [0.1, 0.15) is 23.2 Å². The Morgan fingerprint density at radius 1 is 1.38 bits per heavy atom. The molecule has 2 heterocycles. The summed E-state index contributed by atoms with van der Waals surface area (Å²) in [4.78, 5) is 14.9. The number of hydrogen-bond acceptors (Lipinski definition) is 6. The molecule has 126 valence electrons. The van der Waals surface area contributed by atoms with E-state index in [1.54, 1.807) is 12.1 Å². The molecule has 0 radical (unpaired) electrons. The smallest absolute Gasteiger partial charge is 0.251 e. The van der Waals surface area contributed by atoms with E-state index in [2.05, 4.69) is 25.7 Å². The van der Waals surface area contributed by atoms with Gasteiger partial charge in [-0.2, -0.15) is 0 Å². The lowest BCUT2D eigenvalue weighted by atomic mass is 10.2. The number of benzene rings is 1. The Morgan fingerprint density at radius 2 is 2.29 bits per heavy atom. The van der Waals surface area contributed by atoms with Crippen LogP contribution >= 0.6 is 0 Å². The van der Waals surface area contributed by atoms with Gasteiger partial charge in [0.25, 0.3) is 5.91 Å². The van der Waals surface area contributed by atoms with Crippen LogP contribution < -0.4 is 5.32 Å². The first-order valence-corrected chi connectivity index (χ1v) is 8.27. The van der Waals surface area contributed by atoms with E-state index in [9.17, 15) is 4.79 Å². The second-order valence-corrected chi connectivity index (χ2v) is 6.23. The fourth-order valence-corrected chi connectivity index (χ4v) is 3.01. The van der Waals surface area contributed by atoms with Gasteiger partial charge in [0.1, 0.15) is 6.33 Å². The van der Waals surface area contributed by atoms with E-state index in [1.165, 1.54) is 23.9 Å². The number of morpholine rings is 1. The maximum absolute atomic E-state index is 12.4. The minimum absolute atomic E-state index is 0.0611. The number of nitrogens with zero attached hydrogens (tertiary/aromatic N) is 5. The highest BCUT2D eigenvalue weighted by Crippen LogP contribution is 2.28. The van der Waals surface area contributed by atoms with Crippen molar-refractivity contribution in [3.05, 3.63) is 36.2 Å². The minimum atomic E-state index is -0.114. The summed E-state index contributed by atoms with van der Waals surface area (Å²) in [6.07, 6.45) is 4.15. The van der Waals surface area contributed by atoms with E-state index in [0.717, 1.165) is 31.4 Å². The standard InChI is InChI=1S/C16H20N6O2/c23-16(12-2-1-3-14(8-12)22-11-18-19-20-22)17-9-15-10-21(6-7-24-15)13-4-5-13/h1-3,8,11,13,15H,4-7,9-10H2,(H,17,23)/t15-/m0/s1. The molecule has 8 nitrogen and oxygen atoms in total. The van der Waals surface area contributed by atoms with Gasteiger partial charge in [-0.05, 0) is 41.5 Å². The summed E-state index contributed by atoms with van der Waals surface area (Å²) in [6, 6.07) is 7.95. The van der Waals surface area contributed by atoms with Crippen molar-refractivity contribution in [1.82, 2.24) is 30.4 Å². The molecular formula is C16H20N6O2. The summed E-state index contributed by atoms with van der Waals surface area (Å²) in [5.74, 6) is -0.114. The molecule has 1 aliphatic heterocycles. The maximum Gasteiger partial charge on any atom is 0.251 e. The first-order valence-electron chi connectivity index (χ1n) is 8.27. The SMILES string of the molecule is O=C(NC[C@H]1CN(C2CC2)CCO1)c1cccc(-n2cnnn2)c1. The lowest BCUT2D eigenvalue weighted by molar-refractivity contribution is -0.0293. The molecule has 0 bridgehead atoms. The second-order valence-electron chi connectivity index (χ2n) is 6.23.